The molecule has 0 saturated heterocycles. The molecule has 1 aliphatic carbocycles. The molecule has 0 unspecified atom stereocenters. The number of ether oxygens (including phenoxy) is 1. The molecular formula is C28H28N8O3S. The summed E-state index contributed by atoms with van der Waals surface area (Å²) >= 11 is 1.28. The highest BCUT2D eigenvalue weighted by molar-refractivity contribution is 7.21. The fourth-order valence-corrected chi connectivity index (χ4v) is 6.30. The molecule has 1 aliphatic heterocycles. The first-order valence-corrected chi connectivity index (χ1v) is 14.0. The Kier molecular flexibility index (Phi) is 7.10. The van der Waals surface area contributed by atoms with E-state index < -0.39 is 0 Å². The first-order chi connectivity index (χ1) is 19.5. The van der Waals surface area contributed by atoms with Crippen LogP contribution in [0.4, 0.5) is 21.9 Å². The van der Waals surface area contributed by atoms with E-state index in [-0.39, 0.29) is 24.0 Å². The molecule has 3 N–H and O–H groups in total. The van der Waals surface area contributed by atoms with Crippen molar-refractivity contribution < 1.29 is 14.3 Å². The highest BCUT2D eigenvalue weighted by Gasteiger charge is 2.35. The number of carbonyl (C=O) groups excluding carboxylic acids is 2. The smallest absolute Gasteiger partial charge is 0.331 e. The Hall–Kier alpha value is -4.42. The van der Waals surface area contributed by atoms with Gasteiger partial charge in [0.1, 0.15) is 9.71 Å². The molecule has 0 spiro atoms. The molecule has 0 radical (unpaired) electrons. The van der Waals surface area contributed by atoms with E-state index in [1.165, 1.54) is 11.3 Å². The van der Waals surface area contributed by atoms with Crippen LogP contribution in [0.15, 0.2) is 55.4 Å². The molecule has 40 heavy (non-hydrogen) atoms. The zero-order valence-corrected chi connectivity index (χ0v) is 22.7. The molecule has 204 valence electrons. The van der Waals surface area contributed by atoms with E-state index >= 15 is 0 Å². The molecule has 2 aliphatic rings. The van der Waals surface area contributed by atoms with E-state index in [1.807, 2.05) is 6.08 Å². The summed E-state index contributed by atoms with van der Waals surface area (Å²) in [5.41, 5.74) is 2.28. The Labute approximate surface area is 234 Å². The molecule has 0 bridgehead atoms. The summed E-state index contributed by atoms with van der Waals surface area (Å²) in [5, 5.41) is 18.1. The standard InChI is InChI=1S/C28H28N8O3S/c1-3-13-29-17-7-4-5-8-18(17)33-26(37)25-24-23-20(12-15-30-27(23)40-25)36(28(38)34-24)19-10-11-21(32-16(19)2)39-22-9-6-14-31-35-22/h3,6,9-12,14-15,17-18,29H,1,4-5,7-8,13H2,2H3,(H,33,37)(H,34,38)/t17-,18+/m0/s1. The zero-order valence-electron chi connectivity index (χ0n) is 21.9. The highest BCUT2D eigenvalue weighted by atomic mass is 32.1. The van der Waals surface area contributed by atoms with Crippen LogP contribution in [-0.4, -0.2) is 50.7 Å². The molecule has 6 rings (SSSR count). The second-order valence-corrected chi connectivity index (χ2v) is 10.7. The summed E-state index contributed by atoms with van der Waals surface area (Å²) in [6.45, 7) is 6.27. The van der Waals surface area contributed by atoms with Crippen LogP contribution in [0.1, 0.15) is 41.0 Å². The second kappa shape index (κ2) is 11.0. The molecule has 4 aromatic heterocycles. The maximum atomic E-state index is 13.5. The Morgan fingerprint density at radius 1 is 1.18 bits per heavy atom. The summed E-state index contributed by atoms with van der Waals surface area (Å²) in [4.78, 5) is 38.8. The first-order valence-electron chi connectivity index (χ1n) is 13.1. The molecule has 1 saturated carbocycles. The van der Waals surface area contributed by atoms with Gasteiger partial charge in [-0.3, -0.25) is 9.69 Å². The minimum absolute atomic E-state index is 0.00171. The molecule has 5 heterocycles. The summed E-state index contributed by atoms with van der Waals surface area (Å²) in [5.74, 6) is 0.439. The van der Waals surface area contributed by atoms with Crippen molar-refractivity contribution in [1.82, 2.24) is 30.8 Å². The van der Waals surface area contributed by atoms with Gasteiger partial charge in [0.05, 0.1) is 28.1 Å². The molecule has 4 aromatic rings. The summed E-state index contributed by atoms with van der Waals surface area (Å²) in [7, 11) is 0. The fraction of sp³-hybridized carbons (Fsp3) is 0.286. The highest BCUT2D eigenvalue weighted by Crippen LogP contribution is 2.46. The lowest BCUT2D eigenvalue weighted by Crippen LogP contribution is -2.51. The number of thiophene rings is 1. The van der Waals surface area contributed by atoms with Gasteiger partial charge in [0.2, 0.25) is 11.8 Å². The number of urea groups is 1. The van der Waals surface area contributed by atoms with Gasteiger partial charge in [0.15, 0.2) is 0 Å². The van der Waals surface area contributed by atoms with Crippen molar-refractivity contribution in [1.29, 1.82) is 0 Å². The Morgan fingerprint density at radius 2 is 2.02 bits per heavy atom. The minimum Gasteiger partial charge on any atom is -0.419 e. The van der Waals surface area contributed by atoms with Gasteiger partial charge in [-0.2, -0.15) is 5.10 Å². The van der Waals surface area contributed by atoms with Crippen LogP contribution in [0.3, 0.4) is 0 Å². The predicted octanol–water partition coefficient (Wildman–Crippen LogP) is 5.08. The van der Waals surface area contributed by atoms with Gasteiger partial charge in [-0.25, -0.2) is 14.8 Å². The monoisotopic (exact) mass is 556 g/mol. The van der Waals surface area contributed by atoms with E-state index in [4.69, 9.17) is 4.74 Å². The van der Waals surface area contributed by atoms with Gasteiger partial charge in [0.25, 0.3) is 5.91 Å². The molecule has 0 aromatic carbocycles. The van der Waals surface area contributed by atoms with Crippen LogP contribution in [0.5, 0.6) is 11.8 Å². The number of rotatable bonds is 8. The molecule has 2 atom stereocenters. The molecule has 1 fully saturated rings. The quantitative estimate of drug-likeness (QED) is 0.256. The number of hydrogen-bond donors (Lipinski definition) is 3. The van der Waals surface area contributed by atoms with Crippen molar-refractivity contribution in [2.45, 2.75) is 44.7 Å². The van der Waals surface area contributed by atoms with Crippen LogP contribution in [-0.2, 0) is 0 Å². The van der Waals surface area contributed by atoms with Crippen molar-refractivity contribution in [3.63, 3.8) is 0 Å². The third-order valence-corrected chi connectivity index (χ3v) is 8.19. The number of amides is 3. The van der Waals surface area contributed by atoms with Crippen LogP contribution in [0.25, 0.3) is 10.2 Å². The molecule has 11 nitrogen and oxygen atoms in total. The summed E-state index contributed by atoms with van der Waals surface area (Å²) in [6, 6.07) is 8.41. The third-order valence-electron chi connectivity index (χ3n) is 7.09. The lowest BCUT2D eigenvalue weighted by Gasteiger charge is -2.33. The van der Waals surface area contributed by atoms with Crippen LogP contribution >= 0.6 is 11.3 Å². The largest absolute Gasteiger partial charge is 0.419 e. The van der Waals surface area contributed by atoms with Gasteiger partial charge in [-0.05, 0) is 38.0 Å². The van der Waals surface area contributed by atoms with Gasteiger partial charge in [-0.1, -0.05) is 18.9 Å². The van der Waals surface area contributed by atoms with Crippen molar-refractivity contribution in [3.05, 3.63) is 66.0 Å². The average molecular weight is 557 g/mol. The molecule has 12 heteroatoms. The first kappa shape index (κ1) is 25.8. The number of carbonyl (C=O) groups is 2. The van der Waals surface area contributed by atoms with Crippen molar-refractivity contribution in [2.24, 2.45) is 0 Å². The predicted molar refractivity (Wildman–Crippen MR) is 154 cm³/mol. The molecular weight excluding hydrogens is 528 g/mol. The van der Waals surface area contributed by atoms with Crippen LogP contribution < -0.4 is 25.6 Å². The SMILES string of the molecule is C=CCN[C@H]1CCCC[C@H]1NC(=O)c1sc2nccc3c2c1NC(=O)N3c1ccc(Oc2cccnn2)nc1C. The van der Waals surface area contributed by atoms with E-state index in [9.17, 15) is 9.59 Å². The Balaban J connectivity index is 1.30. The van der Waals surface area contributed by atoms with Gasteiger partial charge < -0.3 is 20.7 Å². The van der Waals surface area contributed by atoms with Gasteiger partial charge >= 0.3 is 6.03 Å². The van der Waals surface area contributed by atoms with Crippen molar-refractivity contribution in [2.75, 3.05) is 16.8 Å². The summed E-state index contributed by atoms with van der Waals surface area (Å²) in [6.07, 6.45) is 9.10. The number of hydrogen-bond acceptors (Lipinski definition) is 9. The number of nitrogens with zero attached hydrogens (tertiary/aromatic N) is 5. The second-order valence-electron chi connectivity index (χ2n) is 9.67. The zero-order chi connectivity index (χ0) is 27.6. The number of nitrogens with one attached hydrogen (secondary N) is 3. The normalized spacial score (nSPS) is 18.3. The van der Waals surface area contributed by atoms with Crippen molar-refractivity contribution >= 4 is 50.6 Å². The average Bonchev–Trinajstić information content (AvgIpc) is 3.33. The fourth-order valence-electron chi connectivity index (χ4n) is 5.27. The van der Waals surface area contributed by atoms with Gasteiger partial charge in [0, 0.05) is 43.2 Å². The number of aryl methyl sites for hydroxylation is 1. The Bertz CT molecular complexity index is 1590. The van der Waals surface area contributed by atoms with E-state index in [2.05, 4.69) is 42.7 Å². The minimum atomic E-state index is -0.386. The van der Waals surface area contributed by atoms with E-state index in [0.29, 0.717) is 50.8 Å². The lowest BCUT2D eigenvalue weighted by atomic mass is 9.90. The van der Waals surface area contributed by atoms with Gasteiger partial charge in [-0.15, -0.1) is 23.0 Å². The topological polar surface area (TPSA) is 134 Å². The Morgan fingerprint density at radius 3 is 2.80 bits per heavy atom. The maximum Gasteiger partial charge on any atom is 0.331 e. The number of aromatic nitrogens is 4. The number of anilines is 3. The third kappa shape index (κ3) is 4.87. The summed E-state index contributed by atoms with van der Waals surface area (Å²) < 4.78 is 5.70. The number of pyridine rings is 2. The van der Waals surface area contributed by atoms with Crippen LogP contribution in [0.2, 0.25) is 0 Å². The van der Waals surface area contributed by atoms with E-state index in [0.717, 1.165) is 31.1 Å². The van der Waals surface area contributed by atoms with Crippen LogP contribution in [0, 0.1) is 6.92 Å². The van der Waals surface area contributed by atoms with E-state index in [1.54, 1.807) is 54.5 Å². The lowest BCUT2D eigenvalue weighted by molar-refractivity contribution is 0.0921. The maximum absolute atomic E-state index is 13.5. The van der Waals surface area contributed by atoms with Crippen molar-refractivity contribution in [3.8, 4) is 11.8 Å². The molecule has 3 amide bonds.